The maximum absolute atomic E-state index is 15.2. The lowest BCUT2D eigenvalue weighted by atomic mass is 10.0. The molecule has 0 aliphatic rings. The first-order chi connectivity index (χ1) is 18.0. The lowest BCUT2D eigenvalue weighted by molar-refractivity contribution is 0.250. The number of fused-ring (bicyclic) bond motifs is 2. The van der Waals surface area contributed by atoms with Crippen molar-refractivity contribution in [1.29, 1.82) is 0 Å². The van der Waals surface area contributed by atoms with Crippen LogP contribution in [0, 0.1) is 11.6 Å². The molecule has 8 heteroatoms. The van der Waals surface area contributed by atoms with Gasteiger partial charge in [-0.05, 0) is 73.5 Å². The van der Waals surface area contributed by atoms with Crippen LogP contribution in [-0.4, -0.2) is 38.2 Å². The molecule has 5 aromatic rings. The summed E-state index contributed by atoms with van der Waals surface area (Å²) in [7, 11) is 0. The Balaban J connectivity index is 1.48. The highest BCUT2D eigenvalue weighted by Crippen LogP contribution is 2.34. The van der Waals surface area contributed by atoms with Gasteiger partial charge >= 0.3 is 0 Å². The fourth-order valence-corrected chi connectivity index (χ4v) is 4.80. The number of benzene rings is 2. The summed E-state index contributed by atoms with van der Waals surface area (Å²) in [6.45, 7) is 6.20. The molecule has 0 saturated carbocycles. The van der Waals surface area contributed by atoms with Gasteiger partial charge in [-0.15, -0.1) is 0 Å². The molecule has 0 aliphatic carbocycles. The predicted octanol–water partition coefficient (Wildman–Crippen LogP) is 7.04. The molecule has 0 aliphatic heterocycles. The van der Waals surface area contributed by atoms with Gasteiger partial charge in [-0.25, -0.2) is 13.8 Å². The van der Waals surface area contributed by atoms with Crippen molar-refractivity contribution in [1.82, 2.24) is 25.1 Å². The number of pyridine rings is 1. The second kappa shape index (κ2) is 10.7. The summed E-state index contributed by atoms with van der Waals surface area (Å²) < 4.78 is 30.5. The molecule has 5 rings (SSSR count). The number of nitrogens with two attached hydrogens (primary N) is 1. The standard InChI is InChI=1S/C29H32F2N6/c1-3-5-11-37(12-6-4-2)17-23-24(30)14-19(15-25(23)31)27-16-21-20(9-10-33-29(21)34-27)18-7-8-26-22(13-18)28(32)36-35-26/h7-10,13-16H,3-6,11-12,17H2,1-2H3,(H,33,34)(H3,32,35,36). The molecule has 192 valence electrons. The molecule has 3 aromatic heterocycles. The molecule has 6 nitrogen and oxygen atoms in total. The molecule has 0 amide bonds. The van der Waals surface area contributed by atoms with Crippen LogP contribution in [0.1, 0.15) is 45.1 Å². The number of nitrogen functional groups attached to an aromatic ring is 1. The van der Waals surface area contributed by atoms with Crippen LogP contribution in [0.4, 0.5) is 14.6 Å². The lowest BCUT2D eigenvalue weighted by Gasteiger charge is -2.22. The van der Waals surface area contributed by atoms with Gasteiger partial charge in [0.2, 0.25) is 0 Å². The number of H-pyrrole nitrogens is 2. The number of halogens is 2. The van der Waals surface area contributed by atoms with Crippen LogP contribution < -0.4 is 5.73 Å². The van der Waals surface area contributed by atoms with Gasteiger partial charge in [-0.2, -0.15) is 5.10 Å². The third-order valence-corrected chi connectivity index (χ3v) is 6.92. The normalized spacial score (nSPS) is 11.8. The molecule has 0 radical (unpaired) electrons. The minimum absolute atomic E-state index is 0.122. The molecule has 0 spiro atoms. The number of hydrogen-bond acceptors (Lipinski definition) is 4. The molecule has 2 aromatic carbocycles. The molecule has 0 atom stereocenters. The van der Waals surface area contributed by atoms with E-state index in [1.54, 1.807) is 6.20 Å². The zero-order valence-corrected chi connectivity index (χ0v) is 21.2. The van der Waals surface area contributed by atoms with E-state index in [0.717, 1.165) is 66.2 Å². The van der Waals surface area contributed by atoms with Crippen molar-refractivity contribution >= 4 is 27.8 Å². The van der Waals surface area contributed by atoms with Crippen LogP contribution >= 0.6 is 0 Å². The second-order valence-electron chi connectivity index (χ2n) is 9.57. The van der Waals surface area contributed by atoms with Gasteiger partial charge < -0.3 is 10.7 Å². The lowest BCUT2D eigenvalue weighted by Crippen LogP contribution is -2.26. The highest BCUT2D eigenvalue weighted by atomic mass is 19.1. The molecule has 0 bridgehead atoms. The number of anilines is 1. The van der Waals surface area contributed by atoms with E-state index >= 15 is 8.78 Å². The maximum atomic E-state index is 15.2. The molecular formula is C29H32F2N6. The second-order valence-corrected chi connectivity index (χ2v) is 9.57. The zero-order valence-electron chi connectivity index (χ0n) is 21.2. The van der Waals surface area contributed by atoms with Crippen LogP contribution in [0.5, 0.6) is 0 Å². The van der Waals surface area contributed by atoms with Gasteiger partial charge in [0.1, 0.15) is 17.3 Å². The molecule has 0 fully saturated rings. The largest absolute Gasteiger partial charge is 0.382 e. The minimum atomic E-state index is -0.527. The first-order valence-electron chi connectivity index (χ1n) is 12.9. The topological polar surface area (TPSA) is 86.6 Å². The zero-order chi connectivity index (χ0) is 25.9. The number of aromatic amines is 2. The van der Waals surface area contributed by atoms with Gasteiger partial charge in [0, 0.05) is 40.3 Å². The molecule has 4 N–H and O–H groups in total. The van der Waals surface area contributed by atoms with E-state index < -0.39 is 11.6 Å². The van der Waals surface area contributed by atoms with Crippen molar-refractivity contribution in [2.45, 2.75) is 46.1 Å². The Morgan fingerprint density at radius 2 is 1.62 bits per heavy atom. The Morgan fingerprint density at radius 3 is 2.32 bits per heavy atom. The third-order valence-electron chi connectivity index (χ3n) is 6.92. The van der Waals surface area contributed by atoms with Crippen LogP contribution in [0.15, 0.2) is 48.7 Å². The fourth-order valence-electron chi connectivity index (χ4n) is 4.80. The quantitative estimate of drug-likeness (QED) is 0.191. The Labute approximate surface area is 214 Å². The Kier molecular flexibility index (Phi) is 7.19. The van der Waals surface area contributed by atoms with Crippen LogP contribution in [0.3, 0.4) is 0 Å². The van der Waals surface area contributed by atoms with Crippen LogP contribution in [-0.2, 0) is 6.54 Å². The first-order valence-corrected chi connectivity index (χ1v) is 12.9. The van der Waals surface area contributed by atoms with E-state index in [2.05, 4.69) is 38.9 Å². The minimum Gasteiger partial charge on any atom is -0.382 e. The van der Waals surface area contributed by atoms with Crippen molar-refractivity contribution in [2.75, 3.05) is 18.8 Å². The smallest absolute Gasteiger partial charge is 0.153 e. The first kappa shape index (κ1) is 24.9. The summed E-state index contributed by atoms with van der Waals surface area (Å²) in [6, 6.07) is 12.5. The number of rotatable bonds is 10. The van der Waals surface area contributed by atoms with Crippen LogP contribution in [0.25, 0.3) is 44.3 Å². The van der Waals surface area contributed by atoms with E-state index in [-0.39, 0.29) is 12.1 Å². The summed E-state index contributed by atoms with van der Waals surface area (Å²) in [5, 5.41) is 8.67. The van der Waals surface area contributed by atoms with Crippen molar-refractivity contribution in [2.24, 2.45) is 0 Å². The van der Waals surface area contributed by atoms with E-state index in [9.17, 15) is 0 Å². The average molecular weight is 503 g/mol. The number of unbranched alkanes of at least 4 members (excludes halogenated alkanes) is 2. The number of aromatic nitrogens is 4. The van der Waals surface area contributed by atoms with E-state index in [1.807, 2.05) is 30.3 Å². The maximum Gasteiger partial charge on any atom is 0.153 e. The van der Waals surface area contributed by atoms with Crippen LogP contribution in [0.2, 0.25) is 0 Å². The Hall–Kier alpha value is -3.78. The van der Waals surface area contributed by atoms with Gasteiger partial charge in [-0.3, -0.25) is 10.00 Å². The van der Waals surface area contributed by atoms with Crippen molar-refractivity contribution < 1.29 is 8.78 Å². The molecule has 37 heavy (non-hydrogen) atoms. The fraction of sp³-hybridized carbons (Fsp3) is 0.310. The molecule has 0 saturated heterocycles. The number of nitrogens with zero attached hydrogens (tertiary/aromatic N) is 3. The summed E-state index contributed by atoms with van der Waals surface area (Å²) in [5.74, 6) is -0.618. The third kappa shape index (κ3) is 5.06. The molecule has 0 unspecified atom stereocenters. The summed E-state index contributed by atoms with van der Waals surface area (Å²) >= 11 is 0. The van der Waals surface area contributed by atoms with E-state index in [0.29, 0.717) is 22.7 Å². The SMILES string of the molecule is CCCCN(CCCC)Cc1c(F)cc(-c2cc3c(-c4ccc5[nH]nc(N)c5c4)ccnc3[nH]2)cc1F. The van der Waals surface area contributed by atoms with Crippen molar-refractivity contribution in [3.05, 3.63) is 65.9 Å². The van der Waals surface area contributed by atoms with E-state index in [4.69, 9.17) is 5.73 Å². The summed E-state index contributed by atoms with van der Waals surface area (Å²) in [6.07, 6.45) is 5.83. The van der Waals surface area contributed by atoms with Gasteiger partial charge in [0.15, 0.2) is 5.82 Å². The Bertz CT molecular complexity index is 1510. The highest BCUT2D eigenvalue weighted by Gasteiger charge is 2.18. The van der Waals surface area contributed by atoms with Crippen molar-refractivity contribution in [3.63, 3.8) is 0 Å². The Morgan fingerprint density at radius 1 is 0.892 bits per heavy atom. The number of hydrogen-bond donors (Lipinski definition) is 3. The van der Waals surface area contributed by atoms with E-state index in [1.165, 1.54) is 12.1 Å². The monoisotopic (exact) mass is 502 g/mol. The summed E-state index contributed by atoms with van der Waals surface area (Å²) in [5.41, 5.74) is 10.6. The number of nitrogens with one attached hydrogen (secondary N) is 2. The highest BCUT2D eigenvalue weighted by molar-refractivity contribution is 5.99. The predicted molar refractivity (Wildman–Crippen MR) is 146 cm³/mol. The molecule has 3 heterocycles. The summed E-state index contributed by atoms with van der Waals surface area (Å²) in [4.78, 5) is 9.84. The van der Waals surface area contributed by atoms with Crippen molar-refractivity contribution in [3.8, 4) is 22.4 Å². The van der Waals surface area contributed by atoms with Gasteiger partial charge in [0.05, 0.1) is 5.52 Å². The van der Waals surface area contributed by atoms with Gasteiger partial charge in [-0.1, -0.05) is 32.8 Å². The van der Waals surface area contributed by atoms with Gasteiger partial charge in [0.25, 0.3) is 0 Å². The molecular weight excluding hydrogens is 470 g/mol. The average Bonchev–Trinajstić information content (AvgIpc) is 3.50.